The van der Waals surface area contributed by atoms with Crippen LogP contribution < -0.4 is 16.0 Å². The van der Waals surface area contributed by atoms with Crippen LogP contribution in [0.15, 0.2) is 52.9 Å². The molecule has 0 spiro atoms. The molecule has 0 radical (unpaired) electrons. The van der Waals surface area contributed by atoms with Crippen molar-refractivity contribution in [2.45, 2.75) is 6.04 Å². The quantitative estimate of drug-likeness (QED) is 0.570. The van der Waals surface area contributed by atoms with Gasteiger partial charge in [-0.25, -0.2) is 5.43 Å². The summed E-state index contributed by atoms with van der Waals surface area (Å²) in [7, 11) is 1.61. The maximum absolute atomic E-state index is 6.09. The monoisotopic (exact) mass is 302 g/mol. The molecule has 5 heteroatoms. The highest BCUT2D eigenvalue weighted by molar-refractivity contribution is 6.30. The number of hydrogen-bond acceptors (Lipinski definition) is 4. The van der Waals surface area contributed by atoms with E-state index >= 15 is 0 Å². The highest BCUT2D eigenvalue weighted by Crippen LogP contribution is 2.34. The summed E-state index contributed by atoms with van der Waals surface area (Å²) < 4.78 is 11.3. The Morgan fingerprint density at radius 2 is 2.00 bits per heavy atom. The molecule has 3 N–H and O–H groups in total. The van der Waals surface area contributed by atoms with Crippen LogP contribution in [0.3, 0.4) is 0 Å². The molecule has 4 nitrogen and oxygen atoms in total. The summed E-state index contributed by atoms with van der Waals surface area (Å²) in [5.41, 5.74) is 4.40. The van der Waals surface area contributed by atoms with E-state index in [1.165, 1.54) is 0 Å². The first-order valence-electron chi connectivity index (χ1n) is 6.51. The lowest BCUT2D eigenvalue weighted by Crippen LogP contribution is -2.28. The van der Waals surface area contributed by atoms with E-state index in [9.17, 15) is 0 Å². The van der Waals surface area contributed by atoms with Crippen LogP contribution in [0.4, 0.5) is 0 Å². The minimum Gasteiger partial charge on any atom is -0.496 e. The fourth-order valence-corrected chi connectivity index (χ4v) is 2.58. The summed E-state index contributed by atoms with van der Waals surface area (Å²) in [5, 5.41) is 1.64. The zero-order chi connectivity index (χ0) is 14.8. The Morgan fingerprint density at radius 1 is 1.19 bits per heavy atom. The van der Waals surface area contributed by atoms with Gasteiger partial charge in [0.25, 0.3) is 0 Å². The van der Waals surface area contributed by atoms with Crippen LogP contribution in [0.5, 0.6) is 5.75 Å². The number of benzene rings is 2. The van der Waals surface area contributed by atoms with Gasteiger partial charge in [-0.1, -0.05) is 29.8 Å². The molecule has 0 saturated heterocycles. The fourth-order valence-electron chi connectivity index (χ4n) is 2.40. The van der Waals surface area contributed by atoms with Crippen molar-refractivity contribution in [3.05, 3.63) is 64.9 Å². The van der Waals surface area contributed by atoms with Crippen LogP contribution in [-0.4, -0.2) is 7.11 Å². The van der Waals surface area contributed by atoms with Gasteiger partial charge in [0.1, 0.15) is 23.1 Å². The summed E-state index contributed by atoms with van der Waals surface area (Å²) >= 11 is 6.09. The van der Waals surface area contributed by atoms with Crippen LogP contribution in [-0.2, 0) is 0 Å². The minimum atomic E-state index is -0.342. The molecule has 2 aromatic carbocycles. The van der Waals surface area contributed by atoms with Gasteiger partial charge in [0.2, 0.25) is 0 Å². The Morgan fingerprint density at radius 3 is 2.71 bits per heavy atom. The van der Waals surface area contributed by atoms with Crippen molar-refractivity contribution in [1.82, 2.24) is 5.43 Å². The summed E-state index contributed by atoms with van der Waals surface area (Å²) in [6.45, 7) is 0. The summed E-state index contributed by atoms with van der Waals surface area (Å²) in [6.07, 6.45) is 0. The first kappa shape index (κ1) is 13.9. The minimum absolute atomic E-state index is 0.342. The molecule has 1 unspecified atom stereocenters. The number of para-hydroxylation sites is 1. The Hall–Kier alpha value is -2.01. The van der Waals surface area contributed by atoms with Gasteiger partial charge < -0.3 is 9.15 Å². The highest BCUT2D eigenvalue weighted by Gasteiger charge is 2.21. The predicted octanol–water partition coefficient (Wildman–Crippen LogP) is 3.65. The standard InChI is InChI=1S/C16H15ClN2O2/c1-20-14-7-6-11(17)9-12(14)16(19-18)15-8-10-4-2-3-5-13(10)21-15/h2-9,16,19H,18H2,1H3. The number of furan rings is 1. The van der Waals surface area contributed by atoms with Gasteiger partial charge in [0.15, 0.2) is 0 Å². The molecule has 1 aromatic heterocycles. The van der Waals surface area contributed by atoms with Crippen LogP contribution in [0, 0.1) is 0 Å². The second kappa shape index (κ2) is 5.77. The Kier molecular flexibility index (Phi) is 3.84. The van der Waals surface area contributed by atoms with Crippen molar-refractivity contribution in [2.75, 3.05) is 7.11 Å². The zero-order valence-electron chi connectivity index (χ0n) is 11.5. The zero-order valence-corrected chi connectivity index (χ0v) is 12.2. The van der Waals surface area contributed by atoms with Gasteiger partial charge in [0, 0.05) is 16.0 Å². The first-order chi connectivity index (χ1) is 10.2. The van der Waals surface area contributed by atoms with Gasteiger partial charge in [-0.2, -0.15) is 0 Å². The first-order valence-corrected chi connectivity index (χ1v) is 6.89. The molecular weight excluding hydrogens is 288 g/mol. The Balaban J connectivity index is 2.11. The molecule has 0 aliphatic heterocycles. The third-order valence-corrected chi connectivity index (χ3v) is 3.63. The number of nitrogens with one attached hydrogen (secondary N) is 1. The molecule has 3 aromatic rings. The van der Waals surface area contributed by atoms with Gasteiger partial charge in [0.05, 0.1) is 7.11 Å². The fraction of sp³-hybridized carbons (Fsp3) is 0.125. The topological polar surface area (TPSA) is 60.4 Å². The van der Waals surface area contributed by atoms with Crippen molar-refractivity contribution < 1.29 is 9.15 Å². The second-order valence-corrected chi connectivity index (χ2v) is 5.11. The van der Waals surface area contributed by atoms with Gasteiger partial charge in [-0.05, 0) is 30.3 Å². The third kappa shape index (κ3) is 2.61. The normalized spacial score (nSPS) is 12.5. The molecule has 1 heterocycles. The summed E-state index contributed by atoms with van der Waals surface area (Å²) in [5.74, 6) is 7.13. The number of rotatable bonds is 4. The van der Waals surface area contributed by atoms with E-state index in [4.69, 9.17) is 26.6 Å². The summed E-state index contributed by atoms with van der Waals surface area (Å²) in [4.78, 5) is 0. The smallest absolute Gasteiger partial charge is 0.134 e. The molecule has 0 amide bonds. The molecule has 0 saturated carbocycles. The third-order valence-electron chi connectivity index (χ3n) is 3.40. The average molecular weight is 303 g/mol. The number of fused-ring (bicyclic) bond motifs is 1. The van der Waals surface area contributed by atoms with E-state index in [0.29, 0.717) is 16.5 Å². The maximum atomic E-state index is 6.09. The maximum Gasteiger partial charge on any atom is 0.134 e. The number of hydrazine groups is 1. The molecular formula is C16H15ClN2O2. The molecule has 0 aliphatic carbocycles. The number of methoxy groups -OCH3 is 1. The van der Waals surface area contributed by atoms with Crippen LogP contribution in [0.2, 0.25) is 5.02 Å². The lowest BCUT2D eigenvalue weighted by atomic mass is 10.0. The van der Waals surface area contributed by atoms with E-state index in [1.807, 2.05) is 42.5 Å². The van der Waals surface area contributed by atoms with Gasteiger partial charge >= 0.3 is 0 Å². The molecule has 3 rings (SSSR count). The van der Waals surface area contributed by atoms with E-state index in [2.05, 4.69) is 5.43 Å². The Labute approximate surface area is 127 Å². The van der Waals surface area contributed by atoms with E-state index in [-0.39, 0.29) is 6.04 Å². The molecule has 0 fully saturated rings. The van der Waals surface area contributed by atoms with Crippen molar-refractivity contribution in [1.29, 1.82) is 0 Å². The van der Waals surface area contributed by atoms with Crippen LogP contribution >= 0.6 is 11.6 Å². The van der Waals surface area contributed by atoms with Crippen molar-refractivity contribution in [3.63, 3.8) is 0 Å². The van der Waals surface area contributed by atoms with Gasteiger partial charge in [-0.15, -0.1) is 0 Å². The van der Waals surface area contributed by atoms with Crippen molar-refractivity contribution in [2.24, 2.45) is 5.84 Å². The molecule has 21 heavy (non-hydrogen) atoms. The molecule has 1 atom stereocenters. The average Bonchev–Trinajstić information content (AvgIpc) is 2.92. The number of hydrogen-bond donors (Lipinski definition) is 2. The molecule has 108 valence electrons. The largest absolute Gasteiger partial charge is 0.496 e. The van der Waals surface area contributed by atoms with E-state index in [1.54, 1.807) is 13.2 Å². The molecule has 0 aliphatic rings. The Bertz CT molecular complexity index is 737. The van der Waals surface area contributed by atoms with Crippen LogP contribution in [0.25, 0.3) is 11.0 Å². The number of nitrogens with two attached hydrogens (primary N) is 1. The predicted molar refractivity (Wildman–Crippen MR) is 83.4 cm³/mol. The van der Waals surface area contributed by atoms with E-state index < -0.39 is 0 Å². The second-order valence-electron chi connectivity index (χ2n) is 4.67. The number of ether oxygens (including phenoxy) is 1. The lowest BCUT2D eigenvalue weighted by molar-refractivity contribution is 0.396. The lowest BCUT2D eigenvalue weighted by Gasteiger charge is -2.17. The number of halogens is 1. The summed E-state index contributed by atoms with van der Waals surface area (Å²) in [6, 6.07) is 14.8. The van der Waals surface area contributed by atoms with E-state index in [0.717, 1.165) is 16.5 Å². The van der Waals surface area contributed by atoms with Gasteiger partial charge in [-0.3, -0.25) is 5.84 Å². The van der Waals surface area contributed by atoms with Crippen LogP contribution in [0.1, 0.15) is 17.4 Å². The SMILES string of the molecule is COc1ccc(Cl)cc1C(NN)c1cc2ccccc2o1. The molecule has 0 bridgehead atoms. The van der Waals surface area contributed by atoms with Crippen molar-refractivity contribution in [3.8, 4) is 5.75 Å². The highest BCUT2D eigenvalue weighted by atomic mass is 35.5. The van der Waals surface area contributed by atoms with Crippen molar-refractivity contribution >= 4 is 22.6 Å².